The molecule has 1 aromatic carbocycles. The second-order valence-electron chi connectivity index (χ2n) is 6.40. The zero-order valence-corrected chi connectivity index (χ0v) is 13.8. The summed E-state index contributed by atoms with van der Waals surface area (Å²) >= 11 is 5.82. The largest absolute Gasteiger partial charge is 0.444 e. The summed E-state index contributed by atoms with van der Waals surface area (Å²) in [5.41, 5.74) is 0.897. The summed E-state index contributed by atoms with van der Waals surface area (Å²) < 4.78 is 5.19. The summed E-state index contributed by atoms with van der Waals surface area (Å²) in [7, 11) is 0. The van der Waals surface area contributed by atoms with Gasteiger partial charge in [0.2, 0.25) is 5.91 Å². The van der Waals surface area contributed by atoms with Crippen LogP contribution in [-0.2, 0) is 9.53 Å². The molecule has 1 aliphatic heterocycles. The van der Waals surface area contributed by atoms with Crippen LogP contribution in [0.4, 0.5) is 16.2 Å². The number of hydrogen-bond acceptors (Lipinski definition) is 3. The highest BCUT2D eigenvalue weighted by atomic mass is 35.5. The molecule has 22 heavy (non-hydrogen) atoms. The molecule has 1 heterocycles. The van der Waals surface area contributed by atoms with Gasteiger partial charge in [-0.05, 0) is 51.0 Å². The monoisotopic (exact) mass is 324 g/mol. The van der Waals surface area contributed by atoms with Crippen molar-refractivity contribution in [3.05, 3.63) is 24.3 Å². The molecule has 1 unspecified atom stereocenters. The Balaban J connectivity index is 1.99. The van der Waals surface area contributed by atoms with Crippen molar-refractivity contribution in [2.45, 2.75) is 32.8 Å². The zero-order chi connectivity index (χ0) is 16.3. The Kier molecular flexibility index (Phi) is 4.96. The number of nitrogens with zero attached hydrogens (tertiary/aromatic N) is 1. The summed E-state index contributed by atoms with van der Waals surface area (Å²) in [6.07, 6.45) is -0.0128. The fourth-order valence-electron chi connectivity index (χ4n) is 2.28. The lowest BCUT2D eigenvalue weighted by Crippen LogP contribution is -2.27. The summed E-state index contributed by atoms with van der Waals surface area (Å²) in [5.74, 6) is 0.771. The average Bonchev–Trinajstić information content (AvgIpc) is 2.79. The molecular formula is C16H21ClN2O3. The molecule has 0 aromatic heterocycles. The molecule has 1 aliphatic rings. The van der Waals surface area contributed by atoms with Crippen LogP contribution in [-0.4, -0.2) is 30.0 Å². The summed E-state index contributed by atoms with van der Waals surface area (Å²) in [5, 5.41) is 2.66. The third-order valence-electron chi connectivity index (χ3n) is 3.25. The van der Waals surface area contributed by atoms with Crippen molar-refractivity contribution in [2.75, 3.05) is 22.6 Å². The Labute approximate surface area is 135 Å². The van der Waals surface area contributed by atoms with Crippen LogP contribution < -0.4 is 10.2 Å². The smallest absolute Gasteiger partial charge is 0.412 e. The summed E-state index contributed by atoms with van der Waals surface area (Å²) in [4.78, 5) is 25.4. The van der Waals surface area contributed by atoms with Crippen molar-refractivity contribution in [3.8, 4) is 0 Å². The van der Waals surface area contributed by atoms with Gasteiger partial charge in [-0.1, -0.05) is 0 Å². The molecule has 1 atom stereocenters. The maximum absolute atomic E-state index is 11.9. The van der Waals surface area contributed by atoms with Gasteiger partial charge in [0.1, 0.15) is 5.60 Å². The molecule has 1 aromatic rings. The molecule has 0 radical (unpaired) electrons. The van der Waals surface area contributed by atoms with Crippen molar-refractivity contribution in [1.29, 1.82) is 0 Å². The lowest BCUT2D eigenvalue weighted by atomic mass is 10.1. The molecule has 0 bridgehead atoms. The highest BCUT2D eigenvalue weighted by Gasteiger charge is 2.29. The number of rotatable bonds is 3. The molecule has 1 fully saturated rings. The molecule has 2 amide bonds. The molecule has 6 heteroatoms. The Morgan fingerprint density at radius 2 is 2.00 bits per heavy atom. The second kappa shape index (κ2) is 6.57. The summed E-state index contributed by atoms with van der Waals surface area (Å²) in [6, 6.07) is 7.11. The van der Waals surface area contributed by atoms with Gasteiger partial charge < -0.3 is 9.64 Å². The highest BCUT2D eigenvalue weighted by Crippen LogP contribution is 2.27. The van der Waals surface area contributed by atoms with E-state index in [9.17, 15) is 9.59 Å². The van der Waals surface area contributed by atoms with Gasteiger partial charge in [0.25, 0.3) is 0 Å². The van der Waals surface area contributed by atoms with Crippen LogP contribution in [0.5, 0.6) is 0 Å². The van der Waals surface area contributed by atoms with Gasteiger partial charge in [0, 0.05) is 30.2 Å². The lowest BCUT2D eigenvalue weighted by molar-refractivity contribution is -0.117. The first-order valence-corrected chi connectivity index (χ1v) is 7.78. The molecular weight excluding hydrogens is 304 g/mol. The number of hydrogen-bond donors (Lipinski definition) is 1. The van der Waals surface area contributed by atoms with Gasteiger partial charge >= 0.3 is 6.09 Å². The normalized spacial score (nSPS) is 18.5. The second-order valence-corrected chi connectivity index (χ2v) is 6.71. The maximum atomic E-state index is 11.9. The summed E-state index contributed by atoms with van der Waals surface area (Å²) in [6.45, 7) is 6.06. The molecule has 0 aliphatic carbocycles. The van der Waals surface area contributed by atoms with Gasteiger partial charge in [-0.2, -0.15) is 0 Å². The SMILES string of the molecule is CC(C)(C)OC(=O)Nc1ccc(N2CC(CCl)CC2=O)cc1. The van der Waals surface area contributed by atoms with E-state index >= 15 is 0 Å². The van der Waals surface area contributed by atoms with Gasteiger partial charge in [0.15, 0.2) is 0 Å². The van der Waals surface area contributed by atoms with Crippen molar-refractivity contribution in [1.82, 2.24) is 0 Å². The number of anilines is 2. The molecule has 0 saturated carbocycles. The number of nitrogens with one attached hydrogen (secondary N) is 1. The number of ether oxygens (including phenoxy) is 1. The van der Waals surface area contributed by atoms with Crippen molar-refractivity contribution in [2.24, 2.45) is 5.92 Å². The van der Waals surface area contributed by atoms with Gasteiger partial charge in [-0.25, -0.2) is 4.79 Å². The number of benzene rings is 1. The zero-order valence-electron chi connectivity index (χ0n) is 13.1. The van der Waals surface area contributed by atoms with Crippen LogP contribution in [0.25, 0.3) is 0 Å². The van der Waals surface area contributed by atoms with E-state index in [0.717, 1.165) is 5.69 Å². The van der Waals surface area contributed by atoms with E-state index in [1.165, 1.54) is 0 Å². The van der Waals surface area contributed by atoms with Crippen LogP contribution in [0.1, 0.15) is 27.2 Å². The predicted molar refractivity (Wildman–Crippen MR) is 87.5 cm³/mol. The fraction of sp³-hybridized carbons (Fsp3) is 0.500. The van der Waals surface area contributed by atoms with Gasteiger partial charge in [-0.15, -0.1) is 11.6 Å². The molecule has 0 spiro atoms. The Morgan fingerprint density at radius 3 is 2.50 bits per heavy atom. The minimum absolute atomic E-state index is 0.0819. The van der Waals surface area contributed by atoms with E-state index < -0.39 is 11.7 Å². The number of amides is 2. The van der Waals surface area contributed by atoms with Crippen LogP contribution in [0, 0.1) is 5.92 Å². The Hall–Kier alpha value is -1.75. The van der Waals surface area contributed by atoms with Crippen LogP contribution in [0.2, 0.25) is 0 Å². The lowest BCUT2D eigenvalue weighted by Gasteiger charge is -2.20. The van der Waals surface area contributed by atoms with Gasteiger partial charge in [-0.3, -0.25) is 10.1 Å². The van der Waals surface area contributed by atoms with E-state index in [2.05, 4.69) is 5.32 Å². The molecule has 1 saturated heterocycles. The topological polar surface area (TPSA) is 58.6 Å². The van der Waals surface area contributed by atoms with E-state index in [-0.39, 0.29) is 11.8 Å². The molecule has 1 N–H and O–H groups in total. The average molecular weight is 325 g/mol. The van der Waals surface area contributed by atoms with Crippen LogP contribution in [0.15, 0.2) is 24.3 Å². The third kappa shape index (κ3) is 4.37. The van der Waals surface area contributed by atoms with Crippen molar-refractivity contribution < 1.29 is 14.3 Å². The fourth-order valence-corrected chi connectivity index (χ4v) is 2.49. The van der Waals surface area contributed by atoms with Crippen molar-refractivity contribution in [3.63, 3.8) is 0 Å². The maximum Gasteiger partial charge on any atom is 0.412 e. The first-order chi connectivity index (χ1) is 10.3. The van der Waals surface area contributed by atoms with E-state index in [4.69, 9.17) is 16.3 Å². The van der Waals surface area contributed by atoms with E-state index in [1.807, 2.05) is 20.8 Å². The molecule has 2 rings (SSSR count). The number of halogens is 1. The highest BCUT2D eigenvalue weighted by molar-refractivity contribution is 6.18. The van der Waals surface area contributed by atoms with Gasteiger partial charge in [0.05, 0.1) is 0 Å². The number of alkyl halides is 1. The minimum Gasteiger partial charge on any atom is -0.444 e. The molecule has 5 nitrogen and oxygen atoms in total. The van der Waals surface area contributed by atoms with E-state index in [0.29, 0.717) is 24.5 Å². The number of carbonyl (C=O) groups is 2. The first-order valence-electron chi connectivity index (χ1n) is 7.25. The van der Waals surface area contributed by atoms with Crippen molar-refractivity contribution >= 4 is 35.0 Å². The molecule has 120 valence electrons. The van der Waals surface area contributed by atoms with E-state index in [1.54, 1.807) is 29.2 Å². The third-order valence-corrected chi connectivity index (χ3v) is 3.68. The predicted octanol–water partition coefficient (Wildman–Crippen LogP) is 3.63. The van der Waals surface area contributed by atoms with Crippen LogP contribution >= 0.6 is 11.6 Å². The standard InChI is InChI=1S/C16H21ClN2O3/c1-16(2,3)22-15(21)18-12-4-6-13(7-5-12)19-10-11(9-17)8-14(19)20/h4-7,11H,8-10H2,1-3H3,(H,18,21). The number of carbonyl (C=O) groups excluding carboxylic acids is 2. The van der Waals surface area contributed by atoms with Crippen LogP contribution in [0.3, 0.4) is 0 Å². The first kappa shape index (κ1) is 16.6. The minimum atomic E-state index is -0.539. The quantitative estimate of drug-likeness (QED) is 0.864. The Bertz CT molecular complexity index is 552. The Morgan fingerprint density at radius 1 is 1.36 bits per heavy atom.